The highest BCUT2D eigenvalue weighted by Crippen LogP contribution is 2.43. The van der Waals surface area contributed by atoms with Gasteiger partial charge >= 0.3 is 0 Å². The first-order valence-electron chi connectivity index (χ1n) is 12.2. The maximum atomic E-state index is 15.0. The van der Waals surface area contributed by atoms with E-state index >= 15 is 4.39 Å². The molecule has 1 fully saturated rings. The van der Waals surface area contributed by atoms with E-state index in [-0.39, 0.29) is 20.7 Å². The van der Waals surface area contributed by atoms with E-state index in [0.29, 0.717) is 29.1 Å². The Hall–Kier alpha value is -1.99. The first-order valence-corrected chi connectivity index (χ1v) is 14.7. The molecule has 0 spiro atoms. The lowest BCUT2D eigenvalue weighted by molar-refractivity contribution is 0.186. The van der Waals surface area contributed by atoms with Crippen molar-refractivity contribution >= 4 is 32.1 Å². The monoisotopic (exact) mass is 501 g/mol. The topological polar surface area (TPSA) is 49.9 Å². The number of nitrogens with zero attached hydrogens (tertiary/aromatic N) is 1. The van der Waals surface area contributed by atoms with Gasteiger partial charge in [-0.1, -0.05) is 44.9 Å². The van der Waals surface area contributed by atoms with Crippen LogP contribution in [0.5, 0.6) is 0 Å². The summed E-state index contributed by atoms with van der Waals surface area (Å²) in [5.41, 5.74) is 3.35. The van der Waals surface area contributed by atoms with Crippen LogP contribution in [0.2, 0.25) is 0 Å². The fraction of sp³-hybridized carbons (Fsp3) is 0.519. The lowest BCUT2D eigenvalue weighted by atomic mass is 9.93. The van der Waals surface area contributed by atoms with Gasteiger partial charge in [0.25, 0.3) is 0 Å². The summed E-state index contributed by atoms with van der Waals surface area (Å²) >= 11 is 5.40. The van der Waals surface area contributed by atoms with Gasteiger partial charge in [-0.3, -0.25) is 5.10 Å². The number of hydrogen-bond acceptors (Lipinski definition) is 4. The molecule has 1 aliphatic carbocycles. The number of hydrogen-bond donors (Lipinski definition) is 2. The quantitative estimate of drug-likeness (QED) is 0.385. The third-order valence-corrected chi connectivity index (χ3v) is 8.68. The van der Waals surface area contributed by atoms with E-state index in [1.807, 2.05) is 19.1 Å². The zero-order valence-electron chi connectivity index (χ0n) is 20.8. The number of allylic oxidation sites excluding steroid dienone is 4. The van der Waals surface area contributed by atoms with Crippen molar-refractivity contribution in [3.05, 3.63) is 64.5 Å². The second kappa shape index (κ2) is 10.3. The zero-order chi connectivity index (χ0) is 24.5. The Kier molecular flexibility index (Phi) is 7.63. The van der Waals surface area contributed by atoms with Crippen LogP contribution in [-0.4, -0.2) is 10.2 Å². The van der Waals surface area contributed by atoms with Gasteiger partial charge in [0, 0.05) is 46.1 Å². The smallest absolute Gasteiger partial charge is 0.152 e. The lowest BCUT2D eigenvalue weighted by Gasteiger charge is -2.26. The van der Waals surface area contributed by atoms with E-state index in [0.717, 1.165) is 59.8 Å². The number of halogens is 1. The summed E-state index contributed by atoms with van der Waals surface area (Å²) in [4.78, 5) is 0. The number of rotatable bonds is 7. The van der Waals surface area contributed by atoms with Gasteiger partial charge in [0.1, 0.15) is 11.5 Å². The van der Waals surface area contributed by atoms with Crippen LogP contribution in [0, 0.1) is 17.2 Å². The molecule has 1 aromatic heterocycles. The molecular weight excluding hydrogens is 465 g/mol. The highest BCUT2D eigenvalue weighted by molar-refractivity contribution is 8.28. The van der Waals surface area contributed by atoms with Crippen molar-refractivity contribution in [3.63, 3.8) is 0 Å². The van der Waals surface area contributed by atoms with Crippen LogP contribution in [0.15, 0.2) is 41.9 Å². The highest BCUT2D eigenvalue weighted by Gasteiger charge is 2.32. The summed E-state index contributed by atoms with van der Waals surface area (Å²) in [6.07, 6.45) is 8.44. The number of benzene rings is 1. The van der Waals surface area contributed by atoms with Crippen molar-refractivity contribution in [1.29, 1.82) is 0 Å². The molecule has 0 amide bonds. The Morgan fingerprint density at radius 2 is 2.12 bits per heavy atom. The molecule has 4 nitrogen and oxygen atoms in total. The van der Waals surface area contributed by atoms with Gasteiger partial charge in [-0.05, 0) is 56.4 Å². The van der Waals surface area contributed by atoms with Crippen molar-refractivity contribution in [2.75, 3.05) is 5.32 Å². The summed E-state index contributed by atoms with van der Waals surface area (Å²) in [6, 6.07) is 5.82. The average molecular weight is 502 g/mol. The van der Waals surface area contributed by atoms with Gasteiger partial charge in [0.15, 0.2) is 11.6 Å². The van der Waals surface area contributed by atoms with Crippen LogP contribution in [0.1, 0.15) is 83.0 Å². The Morgan fingerprint density at radius 1 is 1.32 bits per heavy atom. The molecule has 1 saturated carbocycles. The third-order valence-electron chi connectivity index (χ3n) is 6.73. The third kappa shape index (κ3) is 5.46. The Bertz CT molecular complexity index is 1130. The number of aromatic nitrogens is 2. The normalized spacial score (nSPS) is 23.3. The SMILES string of the molecule is C/C=C(\O/C(=C/CC)C1CCC(c2cc(Nc3ccc4c(c3F)CS(=S)C4)n[nH]2)C1)C(C)(C)C. The Labute approximate surface area is 210 Å². The molecule has 1 aromatic carbocycles. The summed E-state index contributed by atoms with van der Waals surface area (Å²) < 4.78 is 21.5. The first kappa shape index (κ1) is 25.1. The van der Waals surface area contributed by atoms with Crippen molar-refractivity contribution in [3.8, 4) is 0 Å². The summed E-state index contributed by atoms with van der Waals surface area (Å²) in [7, 11) is -0.175. The van der Waals surface area contributed by atoms with Crippen LogP contribution in [0.25, 0.3) is 0 Å². The van der Waals surface area contributed by atoms with Crippen LogP contribution >= 0.6 is 0 Å². The van der Waals surface area contributed by atoms with Crippen molar-refractivity contribution in [2.24, 2.45) is 11.3 Å². The van der Waals surface area contributed by atoms with E-state index in [1.165, 1.54) is 0 Å². The van der Waals surface area contributed by atoms with Gasteiger partial charge in [-0.2, -0.15) is 5.10 Å². The van der Waals surface area contributed by atoms with E-state index in [1.54, 1.807) is 6.07 Å². The van der Waals surface area contributed by atoms with Crippen molar-refractivity contribution in [1.82, 2.24) is 10.2 Å². The number of anilines is 2. The van der Waals surface area contributed by atoms with Gasteiger partial charge in [0.05, 0.1) is 5.69 Å². The molecular formula is C27H36FN3OS2. The molecule has 3 unspecified atom stereocenters. The molecule has 0 radical (unpaired) electrons. The predicted molar refractivity (Wildman–Crippen MR) is 143 cm³/mol. The molecule has 4 rings (SSSR count). The van der Waals surface area contributed by atoms with E-state index in [9.17, 15) is 0 Å². The average Bonchev–Trinajstić information content (AvgIpc) is 3.51. The minimum atomic E-state index is -0.187. The minimum Gasteiger partial charge on any atom is -0.466 e. The summed E-state index contributed by atoms with van der Waals surface area (Å²) in [6.45, 7) is 10.7. The van der Waals surface area contributed by atoms with Gasteiger partial charge in [-0.15, -0.1) is 9.45 Å². The maximum absolute atomic E-state index is 15.0. The number of ether oxygens (including phenoxy) is 1. The van der Waals surface area contributed by atoms with Crippen molar-refractivity contribution in [2.45, 2.75) is 77.7 Å². The zero-order valence-corrected chi connectivity index (χ0v) is 22.5. The highest BCUT2D eigenvalue weighted by atomic mass is 32.8. The number of H-pyrrole nitrogens is 1. The molecule has 0 saturated heterocycles. The van der Waals surface area contributed by atoms with E-state index in [2.05, 4.69) is 55.4 Å². The fourth-order valence-electron chi connectivity index (χ4n) is 4.97. The minimum absolute atomic E-state index is 0.0248. The lowest BCUT2D eigenvalue weighted by Crippen LogP contribution is -2.15. The van der Waals surface area contributed by atoms with Gasteiger partial charge in [-0.25, -0.2) is 4.39 Å². The van der Waals surface area contributed by atoms with E-state index < -0.39 is 0 Å². The maximum Gasteiger partial charge on any atom is 0.152 e. The molecule has 0 bridgehead atoms. The van der Waals surface area contributed by atoms with Crippen LogP contribution in [0.3, 0.4) is 0 Å². The fourth-order valence-corrected chi connectivity index (χ4v) is 7.06. The van der Waals surface area contributed by atoms with Crippen molar-refractivity contribution < 1.29 is 9.13 Å². The largest absolute Gasteiger partial charge is 0.466 e. The second-order valence-corrected chi connectivity index (χ2v) is 13.2. The molecule has 184 valence electrons. The standard InChI is InChI=1S/C27H36FN3OS2/c1-6-8-23(32-24(7-2)27(3,4)5)18-10-9-17(13-18)22-14-25(31-30-22)29-21-12-11-19-15-34(33)16-20(19)26(21)28/h7-8,11-12,14,17-18H,6,9-10,13,15-16H2,1-5H3,(H2,29,30,31)/b23-8+,24-7-. The first-order chi connectivity index (χ1) is 16.2. The van der Waals surface area contributed by atoms with E-state index in [4.69, 9.17) is 15.9 Å². The van der Waals surface area contributed by atoms with Crippen LogP contribution in [-0.2, 0) is 36.9 Å². The van der Waals surface area contributed by atoms with Crippen LogP contribution < -0.4 is 5.32 Å². The molecule has 1 aliphatic heterocycles. The van der Waals surface area contributed by atoms with Gasteiger partial charge < -0.3 is 10.1 Å². The predicted octanol–water partition coefficient (Wildman–Crippen LogP) is 7.53. The Balaban J connectivity index is 1.43. The molecule has 2 aliphatic rings. The Morgan fingerprint density at radius 3 is 2.82 bits per heavy atom. The molecule has 3 atom stereocenters. The van der Waals surface area contributed by atoms with Crippen LogP contribution in [0.4, 0.5) is 15.9 Å². The molecule has 7 heteroatoms. The summed E-state index contributed by atoms with van der Waals surface area (Å²) in [5.74, 6) is 4.80. The molecule has 34 heavy (non-hydrogen) atoms. The summed E-state index contributed by atoms with van der Waals surface area (Å²) in [5, 5.41) is 10.8. The van der Waals surface area contributed by atoms with Gasteiger partial charge in [0.2, 0.25) is 0 Å². The molecule has 2 N–H and O–H groups in total. The molecule has 2 heterocycles. The number of nitrogens with one attached hydrogen (secondary N) is 2. The number of aromatic amines is 1. The second-order valence-electron chi connectivity index (χ2n) is 10.4. The molecule has 2 aromatic rings. The number of fused-ring (bicyclic) bond motifs is 1.